The van der Waals surface area contributed by atoms with E-state index in [-0.39, 0.29) is 5.91 Å². The molecule has 0 unspecified atom stereocenters. The minimum atomic E-state index is -0.654. The van der Waals surface area contributed by atoms with Crippen molar-refractivity contribution >= 4 is 34.9 Å². The van der Waals surface area contributed by atoms with Gasteiger partial charge in [-0.05, 0) is 48.9 Å². The minimum Gasteiger partial charge on any atom is -0.351 e. The molecule has 21 heavy (non-hydrogen) atoms. The summed E-state index contributed by atoms with van der Waals surface area (Å²) in [5, 5.41) is 5.63. The van der Waals surface area contributed by atoms with Crippen molar-refractivity contribution in [3.05, 3.63) is 58.6 Å². The first-order valence-corrected chi connectivity index (χ1v) is 6.57. The van der Waals surface area contributed by atoms with Crippen molar-refractivity contribution in [3.8, 4) is 0 Å². The zero-order valence-corrected chi connectivity index (χ0v) is 12.1. The Bertz CT molecular complexity index is 684. The molecule has 0 aliphatic heterocycles. The van der Waals surface area contributed by atoms with E-state index in [0.29, 0.717) is 22.0 Å². The fourth-order valence-corrected chi connectivity index (χ4v) is 2.05. The maximum atomic E-state index is 12.1. The monoisotopic (exact) mass is 303 g/mol. The van der Waals surface area contributed by atoms with Crippen LogP contribution in [0.25, 0.3) is 0 Å². The van der Waals surface area contributed by atoms with Gasteiger partial charge in [-0.2, -0.15) is 0 Å². The van der Waals surface area contributed by atoms with Crippen LogP contribution in [-0.2, 0) is 0 Å². The second-order valence-corrected chi connectivity index (χ2v) is 4.91. The molecule has 0 aromatic heterocycles. The van der Waals surface area contributed by atoms with Crippen LogP contribution in [0.5, 0.6) is 0 Å². The van der Waals surface area contributed by atoms with E-state index >= 15 is 0 Å². The summed E-state index contributed by atoms with van der Waals surface area (Å²) < 4.78 is 0. The van der Waals surface area contributed by atoms with Gasteiger partial charge in [0.05, 0.1) is 10.7 Å². The van der Waals surface area contributed by atoms with Gasteiger partial charge in [0.1, 0.15) is 0 Å². The van der Waals surface area contributed by atoms with Crippen molar-refractivity contribution in [3.63, 3.8) is 0 Å². The van der Waals surface area contributed by atoms with Gasteiger partial charge in [-0.25, -0.2) is 4.79 Å². The number of anilines is 2. The highest BCUT2D eigenvalue weighted by Crippen LogP contribution is 2.23. The van der Waals surface area contributed by atoms with Gasteiger partial charge in [0.15, 0.2) is 0 Å². The van der Waals surface area contributed by atoms with Crippen LogP contribution in [0.15, 0.2) is 42.5 Å². The molecule has 0 atom stereocenters. The first-order chi connectivity index (χ1) is 9.95. The Morgan fingerprint density at radius 2 is 1.71 bits per heavy atom. The van der Waals surface area contributed by atoms with E-state index < -0.39 is 6.03 Å². The highest BCUT2D eigenvalue weighted by atomic mass is 35.5. The van der Waals surface area contributed by atoms with Gasteiger partial charge in [-0.15, -0.1) is 0 Å². The van der Waals surface area contributed by atoms with Crippen molar-refractivity contribution in [1.82, 2.24) is 0 Å². The van der Waals surface area contributed by atoms with Crippen LogP contribution in [-0.4, -0.2) is 11.9 Å². The molecule has 2 rings (SSSR count). The molecule has 3 amide bonds. The third kappa shape index (κ3) is 3.97. The lowest BCUT2D eigenvalue weighted by atomic mass is 10.1. The molecule has 0 radical (unpaired) electrons. The minimum absolute atomic E-state index is 0.286. The molecule has 0 bridgehead atoms. The molecular weight excluding hydrogens is 290 g/mol. The first kappa shape index (κ1) is 14.9. The zero-order valence-electron chi connectivity index (χ0n) is 11.3. The normalized spacial score (nSPS) is 10.0. The fraction of sp³-hybridized carbons (Fsp3) is 0.0667. The Morgan fingerprint density at radius 1 is 1.05 bits per heavy atom. The summed E-state index contributed by atoms with van der Waals surface area (Å²) in [6.45, 7) is 1.92. The first-order valence-electron chi connectivity index (χ1n) is 6.20. The van der Waals surface area contributed by atoms with Gasteiger partial charge in [-0.1, -0.05) is 17.7 Å². The third-order valence-electron chi connectivity index (χ3n) is 2.79. The van der Waals surface area contributed by atoms with Crippen LogP contribution < -0.4 is 16.4 Å². The van der Waals surface area contributed by atoms with Crippen molar-refractivity contribution in [2.24, 2.45) is 5.73 Å². The summed E-state index contributed by atoms with van der Waals surface area (Å²) >= 11 is 6.07. The Kier molecular flexibility index (Phi) is 4.45. The van der Waals surface area contributed by atoms with E-state index in [9.17, 15) is 9.59 Å². The van der Waals surface area contributed by atoms with Gasteiger partial charge < -0.3 is 16.4 Å². The van der Waals surface area contributed by atoms with Gasteiger partial charge in [0, 0.05) is 11.3 Å². The Hall–Kier alpha value is -2.53. The summed E-state index contributed by atoms with van der Waals surface area (Å²) in [7, 11) is 0. The van der Waals surface area contributed by atoms with E-state index in [1.54, 1.807) is 36.4 Å². The second kappa shape index (κ2) is 6.28. The Balaban J connectivity index is 2.11. The number of hydrogen-bond donors (Lipinski definition) is 3. The van der Waals surface area contributed by atoms with E-state index in [1.165, 1.54) is 0 Å². The molecule has 0 aliphatic rings. The molecule has 0 aliphatic carbocycles. The zero-order chi connectivity index (χ0) is 15.4. The predicted molar refractivity (Wildman–Crippen MR) is 83.8 cm³/mol. The smallest absolute Gasteiger partial charge is 0.316 e. The van der Waals surface area contributed by atoms with E-state index in [2.05, 4.69) is 10.6 Å². The number of hydrogen-bond acceptors (Lipinski definition) is 2. The molecule has 5 nitrogen and oxygen atoms in total. The quantitative estimate of drug-likeness (QED) is 0.812. The average Bonchev–Trinajstić information content (AvgIpc) is 2.42. The number of benzene rings is 2. The number of amides is 3. The summed E-state index contributed by atoms with van der Waals surface area (Å²) in [5.41, 5.74) is 7.54. The van der Waals surface area contributed by atoms with Crippen LogP contribution in [0.1, 0.15) is 15.9 Å². The third-order valence-corrected chi connectivity index (χ3v) is 3.10. The van der Waals surface area contributed by atoms with Crippen LogP contribution in [0, 0.1) is 6.92 Å². The van der Waals surface area contributed by atoms with Gasteiger partial charge in [-0.3, -0.25) is 4.79 Å². The fourth-order valence-electron chi connectivity index (χ4n) is 1.76. The maximum Gasteiger partial charge on any atom is 0.316 e. The van der Waals surface area contributed by atoms with Crippen molar-refractivity contribution in [2.75, 3.05) is 10.6 Å². The highest BCUT2D eigenvalue weighted by molar-refractivity contribution is 6.34. The maximum absolute atomic E-state index is 12.1. The second-order valence-electron chi connectivity index (χ2n) is 4.50. The van der Waals surface area contributed by atoms with Crippen LogP contribution >= 0.6 is 11.6 Å². The van der Waals surface area contributed by atoms with E-state index in [0.717, 1.165) is 5.56 Å². The number of halogens is 1. The lowest BCUT2D eigenvalue weighted by molar-refractivity contribution is 0.102. The summed E-state index contributed by atoms with van der Waals surface area (Å²) in [4.78, 5) is 22.8. The predicted octanol–water partition coefficient (Wildman–Crippen LogP) is 3.39. The van der Waals surface area contributed by atoms with Crippen molar-refractivity contribution < 1.29 is 9.59 Å². The number of nitrogens with two attached hydrogens (primary N) is 1. The van der Waals surface area contributed by atoms with Crippen LogP contribution in [0.4, 0.5) is 16.2 Å². The SMILES string of the molecule is Cc1ccc(NC(=O)c2ccc(NC(N)=O)cc2)c(Cl)c1. The number of carbonyl (C=O) groups is 2. The van der Waals surface area contributed by atoms with E-state index in [1.807, 2.05) is 13.0 Å². The van der Waals surface area contributed by atoms with Crippen LogP contribution in [0.3, 0.4) is 0 Å². The number of aryl methyl sites for hydroxylation is 1. The number of carbonyl (C=O) groups excluding carboxylic acids is 2. The van der Waals surface area contributed by atoms with Gasteiger partial charge in [0.25, 0.3) is 5.91 Å². The molecule has 0 saturated heterocycles. The highest BCUT2D eigenvalue weighted by Gasteiger charge is 2.08. The number of primary amides is 1. The average molecular weight is 304 g/mol. The van der Waals surface area contributed by atoms with Crippen LogP contribution in [0.2, 0.25) is 5.02 Å². The molecular formula is C15H14ClN3O2. The molecule has 2 aromatic carbocycles. The number of nitrogens with one attached hydrogen (secondary N) is 2. The van der Waals surface area contributed by atoms with Gasteiger partial charge >= 0.3 is 6.03 Å². The van der Waals surface area contributed by atoms with Crippen molar-refractivity contribution in [1.29, 1.82) is 0 Å². The molecule has 2 aromatic rings. The van der Waals surface area contributed by atoms with Gasteiger partial charge in [0.2, 0.25) is 0 Å². The standard InChI is InChI=1S/C15H14ClN3O2/c1-9-2-7-13(12(16)8-9)19-14(20)10-3-5-11(6-4-10)18-15(17)21/h2-8H,1H3,(H,19,20)(H3,17,18,21). The van der Waals surface area contributed by atoms with E-state index in [4.69, 9.17) is 17.3 Å². The summed E-state index contributed by atoms with van der Waals surface area (Å²) in [5.74, 6) is -0.286. The lowest BCUT2D eigenvalue weighted by Crippen LogP contribution is -2.19. The number of urea groups is 1. The Morgan fingerprint density at radius 3 is 2.29 bits per heavy atom. The summed E-state index contributed by atoms with van der Waals surface area (Å²) in [6, 6.07) is 11.1. The topological polar surface area (TPSA) is 84.2 Å². The molecule has 4 N–H and O–H groups in total. The molecule has 0 fully saturated rings. The number of rotatable bonds is 3. The lowest BCUT2D eigenvalue weighted by Gasteiger charge is -2.08. The molecule has 0 heterocycles. The summed E-state index contributed by atoms with van der Waals surface area (Å²) in [6.07, 6.45) is 0. The molecule has 0 saturated carbocycles. The molecule has 0 spiro atoms. The van der Waals surface area contributed by atoms with Crippen molar-refractivity contribution in [2.45, 2.75) is 6.92 Å². The largest absolute Gasteiger partial charge is 0.351 e. The molecule has 108 valence electrons. The Labute approximate surface area is 127 Å². The molecule has 6 heteroatoms.